The summed E-state index contributed by atoms with van der Waals surface area (Å²) in [6.07, 6.45) is 1.35. The van der Waals surface area contributed by atoms with E-state index in [9.17, 15) is 18.8 Å². The number of carbonyl (C=O) groups is 3. The van der Waals surface area contributed by atoms with Crippen LogP contribution in [-0.2, 0) is 16.2 Å². The molecule has 0 radical (unpaired) electrons. The van der Waals surface area contributed by atoms with Crippen molar-refractivity contribution in [3.05, 3.63) is 94.8 Å². The van der Waals surface area contributed by atoms with Crippen molar-refractivity contribution < 1.29 is 33.4 Å². The third kappa shape index (κ3) is 5.08. The molecule has 0 aliphatic carbocycles. The van der Waals surface area contributed by atoms with Crippen LogP contribution in [0.2, 0.25) is 0 Å². The minimum absolute atomic E-state index is 0.0730. The summed E-state index contributed by atoms with van der Waals surface area (Å²) < 4.78 is 25.5. The van der Waals surface area contributed by atoms with E-state index >= 15 is 0 Å². The number of carboxylic acid groups (broad SMARTS) is 1. The number of nitrogens with one attached hydrogen (secondary N) is 1. The summed E-state index contributed by atoms with van der Waals surface area (Å²) in [6.45, 7) is 0.159. The summed E-state index contributed by atoms with van der Waals surface area (Å²) in [4.78, 5) is 37.5. The monoisotopic (exact) mass is 506 g/mol. The predicted octanol–water partition coefficient (Wildman–Crippen LogP) is 3.94. The van der Waals surface area contributed by atoms with Crippen LogP contribution in [0.4, 0.5) is 10.1 Å². The Kier molecular flexibility index (Phi) is 7.07. The van der Waals surface area contributed by atoms with Gasteiger partial charge >= 0.3 is 5.97 Å². The molecule has 0 aromatic heterocycles. The molecular formula is C26H19FN2O6S. The molecule has 182 valence electrons. The molecule has 36 heavy (non-hydrogen) atoms. The number of hydrogen-bond donors (Lipinski definition) is 2. The van der Waals surface area contributed by atoms with Crippen LogP contribution in [0.5, 0.6) is 11.5 Å². The van der Waals surface area contributed by atoms with Crippen molar-refractivity contribution in [2.75, 3.05) is 12.0 Å². The van der Waals surface area contributed by atoms with Crippen LogP contribution in [0, 0.1) is 5.82 Å². The molecule has 4 rings (SSSR count). The Morgan fingerprint density at radius 3 is 2.47 bits per heavy atom. The first-order chi connectivity index (χ1) is 17.3. The van der Waals surface area contributed by atoms with E-state index in [0.29, 0.717) is 17.1 Å². The number of aromatic carboxylic acids is 1. The third-order valence-electron chi connectivity index (χ3n) is 5.29. The lowest BCUT2D eigenvalue weighted by molar-refractivity contribution is -0.122. The zero-order chi connectivity index (χ0) is 25.8. The molecule has 2 amide bonds. The van der Waals surface area contributed by atoms with Gasteiger partial charge in [0.1, 0.15) is 18.0 Å². The Balaban J connectivity index is 1.57. The van der Waals surface area contributed by atoms with Gasteiger partial charge in [0.2, 0.25) is 0 Å². The molecule has 10 heteroatoms. The highest BCUT2D eigenvalue weighted by molar-refractivity contribution is 7.80. The molecule has 1 fully saturated rings. The Labute approximate surface area is 210 Å². The molecule has 0 saturated carbocycles. The van der Waals surface area contributed by atoms with Gasteiger partial charge in [0, 0.05) is 0 Å². The van der Waals surface area contributed by atoms with Crippen molar-refractivity contribution in [2.45, 2.75) is 6.61 Å². The van der Waals surface area contributed by atoms with Gasteiger partial charge in [-0.2, -0.15) is 0 Å². The van der Waals surface area contributed by atoms with Crippen molar-refractivity contribution in [3.63, 3.8) is 0 Å². The number of para-hydroxylation sites is 1. The molecule has 8 nitrogen and oxygen atoms in total. The molecular weight excluding hydrogens is 487 g/mol. The smallest absolute Gasteiger partial charge is 0.335 e. The number of rotatable bonds is 7. The van der Waals surface area contributed by atoms with E-state index in [1.54, 1.807) is 36.4 Å². The second kappa shape index (κ2) is 10.4. The SMILES string of the molecule is COc1cc(/C=C2/C(=O)NC(=S)N(c3ccccc3F)C2=O)ccc1OCc1ccc(C(=O)O)cc1. The lowest BCUT2D eigenvalue weighted by Gasteiger charge is -2.29. The van der Waals surface area contributed by atoms with E-state index in [4.69, 9.17) is 26.8 Å². The number of nitrogens with zero attached hydrogens (tertiary/aromatic N) is 1. The summed E-state index contributed by atoms with van der Waals surface area (Å²) in [5.41, 5.74) is 1.08. The van der Waals surface area contributed by atoms with Gasteiger partial charge in [-0.25, -0.2) is 14.1 Å². The molecule has 0 bridgehead atoms. The Morgan fingerprint density at radius 1 is 1.08 bits per heavy atom. The largest absolute Gasteiger partial charge is 0.493 e. The van der Waals surface area contributed by atoms with Gasteiger partial charge in [-0.15, -0.1) is 0 Å². The summed E-state index contributed by atoms with van der Waals surface area (Å²) in [5, 5.41) is 11.2. The fourth-order valence-corrected chi connectivity index (χ4v) is 3.75. The quantitative estimate of drug-likeness (QED) is 0.284. The Hall–Kier alpha value is -4.57. The second-order valence-corrected chi connectivity index (χ2v) is 8.00. The molecule has 1 saturated heterocycles. The number of ether oxygens (including phenoxy) is 2. The second-order valence-electron chi connectivity index (χ2n) is 7.61. The van der Waals surface area contributed by atoms with Gasteiger partial charge in [0.05, 0.1) is 18.4 Å². The third-order valence-corrected chi connectivity index (χ3v) is 5.57. The number of methoxy groups -OCH3 is 1. The van der Waals surface area contributed by atoms with Gasteiger partial charge in [-0.1, -0.05) is 30.3 Å². The van der Waals surface area contributed by atoms with E-state index < -0.39 is 23.6 Å². The average Bonchev–Trinajstić information content (AvgIpc) is 2.86. The maximum atomic E-state index is 14.3. The van der Waals surface area contributed by atoms with Gasteiger partial charge in [0.15, 0.2) is 16.6 Å². The molecule has 1 heterocycles. The number of amides is 2. The van der Waals surface area contributed by atoms with Crippen molar-refractivity contribution >= 4 is 46.9 Å². The van der Waals surface area contributed by atoms with E-state index in [0.717, 1.165) is 10.5 Å². The number of benzene rings is 3. The summed E-state index contributed by atoms with van der Waals surface area (Å²) in [7, 11) is 1.44. The highest BCUT2D eigenvalue weighted by Crippen LogP contribution is 2.31. The lowest BCUT2D eigenvalue weighted by atomic mass is 10.1. The molecule has 0 unspecified atom stereocenters. The summed E-state index contributed by atoms with van der Waals surface area (Å²) in [5.74, 6) is -2.41. The standard InChI is InChI=1S/C26H19FN2O6S/c1-34-22-13-16(8-11-21(22)35-14-15-6-9-17(10-7-15)25(32)33)12-18-23(30)28-26(36)29(24(18)31)20-5-3-2-4-19(20)27/h2-13H,14H2,1H3,(H,32,33)(H,28,30,36)/b18-12-. The maximum absolute atomic E-state index is 14.3. The van der Waals surface area contributed by atoms with Crippen LogP contribution < -0.4 is 19.7 Å². The summed E-state index contributed by atoms with van der Waals surface area (Å²) in [6, 6.07) is 16.7. The number of carboxylic acids is 1. The Morgan fingerprint density at radius 2 is 1.81 bits per heavy atom. The van der Waals surface area contributed by atoms with Crippen LogP contribution in [0.15, 0.2) is 72.3 Å². The van der Waals surface area contributed by atoms with Crippen molar-refractivity contribution in [1.29, 1.82) is 0 Å². The average molecular weight is 507 g/mol. The normalized spacial score (nSPS) is 14.6. The zero-order valence-electron chi connectivity index (χ0n) is 18.9. The number of thiocarbonyl (C=S) groups is 1. The van der Waals surface area contributed by atoms with Gasteiger partial charge in [-0.05, 0) is 65.8 Å². The molecule has 3 aromatic carbocycles. The highest BCUT2D eigenvalue weighted by Gasteiger charge is 2.35. The van der Waals surface area contributed by atoms with Crippen molar-refractivity contribution in [2.24, 2.45) is 0 Å². The van der Waals surface area contributed by atoms with E-state index in [1.807, 2.05) is 0 Å². The van der Waals surface area contributed by atoms with Crippen LogP contribution in [0.3, 0.4) is 0 Å². The number of anilines is 1. The maximum Gasteiger partial charge on any atom is 0.335 e. The minimum atomic E-state index is -1.02. The van der Waals surface area contributed by atoms with Crippen LogP contribution in [-0.4, -0.2) is 35.1 Å². The molecule has 1 aliphatic heterocycles. The van der Waals surface area contributed by atoms with E-state index in [2.05, 4.69) is 5.32 Å². The van der Waals surface area contributed by atoms with Crippen LogP contribution in [0.1, 0.15) is 21.5 Å². The number of hydrogen-bond acceptors (Lipinski definition) is 6. The minimum Gasteiger partial charge on any atom is -0.493 e. The van der Waals surface area contributed by atoms with E-state index in [1.165, 1.54) is 43.5 Å². The van der Waals surface area contributed by atoms with Gasteiger partial charge in [-0.3, -0.25) is 14.9 Å². The first-order valence-electron chi connectivity index (χ1n) is 10.6. The van der Waals surface area contributed by atoms with Crippen molar-refractivity contribution in [1.82, 2.24) is 5.32 Å². The van der Waals surface area contributed by atoms with Crippen LogP contribution >= 0.6 is 12.2 Å². The summed E-state index contributed by atoms with van der Waals surface area (Å²) >= 11 is 5.10. The van der Waals surface area contributed by atoms with Crippen LogP contribution in [0.25, 0.3) is 6.08 Å². The van der Waals surface area contributed by atoms with Gasteiger partial charge in [0.25, 0.3) is 11.8 Å². The van der Waals surface area contributed by atoms with Gasteiger partial charge < -0.3 is 14.6 Å². The predicted molar refractivity (Wildman–Crippen MR) is 133 cm³/mol. The molecule has 2 N–H and O–H groups in total. The fraction of sp³-hybridized carbons (Fsp3) is 0.0769. The molecule has 3 aromatic rings. The number of carbonyl (C=O) groups excluding carboxylic acids is 2. The first kappa shape index (κ1) is 24.6. The molecule has 0 spiro atoms. The lowest BCUT2D eigenvalue weighted by Crippen LogP contribution is -2.54. The number of halogens is 1. The fourth-order valence-electron chi connectivity index (χ4n) is 3.47. The molecule has 1 aliphatic rings. The first-order valence-corrected chi connectivity index (χ1v) is 11.0. The molecule has 0 atom stereocenters. The van der Waals surface area contributed by atoms with Crippen molar-refractivity contribution in [3.8, 4) is 11.5 Å². The van der Waals surface area contributed by atoms with E-state index in [-0.39, 0.29) is 28.5 Å². The highest BCUT2D eigenvalue weighted by atomic mass is 32.1. The Bertz CT molecular complexity index is 1400. The zero-order valence-corrected chi connectivity index (χ0v) is 19.7. The topological polar surface area (TPSA) is 105 Å².